The summed E-state index contributed by atoms with van der Waals surface area (Å²) in [7, 11) is 0. The molecule has 0 saturated carbocycles. The minimum Gasteiger partial charge on any atom is -0.450 e. The molecule has 2 aromatic heterocycles. The topological polar surface area (TPSA) is 69.4 Å². The van der Waals surface area contributed by atoms with Crippen molar-refractivity contribution in [3.8, 4) is 0 Å². The van der Waals surface area contributed by atoms with Crippen molar-refractivity contribution >= 4 is 27.9 Å². The van der Waals surface area contributed by atoms with Gasteiger partial charge in [-0.25, -0.2) is 9.97 Å². The molecule has 120 valence electrons. The predicted octanol–water partition coefficient (Wildman–Crippen LogP) is 2.98. The summed E-state index contributed by atoms with van der Waals surface area (Å²) in [6.07, 6.45) is 2.73. The van der Waals surface area contributed by atoms with E-state index in [1.54, 1.807) is 6.33 Å². The van der Waals surface area contributed by atoms with Crippen LogP contribution in [0.3, 0.4) is 0 Å². The van der Waals surface area contributed by atoms with Crippen molar-refractivity contribution in [1.29, 1.82) is 0 Å². The molecular weight excluding hydrogens is 294 g/mol. The van der Waals surface area contributed by atoms with Crippen molar-refractivity contribution in [3.05, 3.63) is 30.6 Å². The molecule has 0 bridgehead atoms. The maximum atomic E-state index is 5.91. The Morgan fingerprint density at radius 1 is 1.35 bits per heavy atom. The van der Waals surface area contributed by atoms with E-state index < -0.39 is 0 Å². The molecule has 1 saturated heterocycles. The molecule has 0 aliphatic carbocycles. The number of hydrogen-bond acceptors (Lipinski definition) is 6. The van der Waals surface area contributed by atoms with E-state index >= 15 is 0 Å². The van der Waals surface area contributed by atoms with E-state index in [4.69, 9.17) is 13.9 Å². The third kappa shape index (κ3) is 2.87. The number of fused-ring (bicyclic) bond motifs is 3. The monoisotopic (exact) mass is 313 g/mol. The van der Waals surface area contributed by atoms with E-state index in [0.29, 0.717) is 24.6 Å². The predicted molar refractivity (Wildman–Crippen MR) is 87.6 cm³/mol. The molecule has 2 atom stereocenters. The lowest BCUT2D eigenvalue weighted by atomic mass is 10.2. The number of benzene rings is 1. The number of furan rings is 1. The smallest absolute Gasteiger partial charge is 0.196 e. The zero-order chi connectivity index (χ0) is 15.6. The lowest BCUT2D eigenvalue weighted by molar-refractivity contribution is 0.0395. The number of aromatic nitrogens is 2. The summed E-state index contributed by atoms with van der Waals surface area (Å²) >= 11 is 0. The number of nitrogens with one attached hydrogen (secondary N) is 1. The van der Waals surface area contributed by atoms with Gasteiger partial charge in [-0.05, 0) is 25.5 Å². The molecule has 1 aliphatic heterocycles. The second-order valence-electron chi connectivity index (χ2n) is 5.86. The van der Waals surface area contributed by atoms with Crippen molar-refractivity contribution in [2.45, 2.75) is 25.5 Å². The van der Waals surface area contributed by atoms with Crippen LogP contribution in [0.25, 0.3) is 22.1 Å². The molecule has 3 heterocycles. The molecule has 1 fully saturated rings. The molecule has 2 unspecified atom stereocenters. The van der Waals surface area contributed by atoms with Gasteiger partial charge in [-0.15, -0.1) is 0 Å². The van der Waals surface area contributed by atoms with Gasteiger partial charge < -0.3 is 19.2 Å². The van der Waals surface area contributed by atoms with E-state index in [1.165, 1.54) is 0 Å². The lowest BCUT2D eigenvalue weighted by Crippen LogP contribution is -2.26. The fourth-order valence-corrected chi connectivity index (χ4v) is 2.83. The summed E-state index contributed by atoms with van der Waals surface area (Å²) in [6, 6.07) is 7.98. The molecule has 23 heavy (non-hydrogen) atoms. The van der Waals surface area contributed by atoms with Gasteiger partial charge in [0.05, 0.1) is 19.3 Å². The highest BCUT2D eigenvalue weighted by Gasteiger charge is 2.18. The Labute approximate surface area is 133 Å². The van der Waals surface area contributed by atoms with Gasteiger partial charge in [0.25, 0.3) is 0 Å². The van der Waals surface area contributed by atoms with Crippen LogP contribution in [-0.4, -0.2) is 41.9 Å². The third-order valence-corrected chi connectivity index (χ3v) is 4.01. The SMILES string of the molecule is CC(COC1CCOC1)Nc1ncnc2c1oc1ccccc12. The Balaban J connectivity index is 1.53. The highest BCUT2D eigenvalue weighted by molar-refractivity contribution is 6.05. The first-order valence-electron chi connectivity index (χ1n) is 7.89. The number of hydrogen-bond donors (Lipinski definition) is 1. The fourth-order valence-electron chi connectivity index (χ4n) is 2.83. The number of nitrogens with zero attached hydrogens (tertiary/aromatic N) is 2. The van der Waals surface area contributed by atoms with Crippen LogP contribution >= 0.6 is 0 Å². The van der Waals surface area contributed by atoms with E-state index in [-0.39, 0.29) is 12.1 Å². The average Bonchev–Trinajstić information content (AvgIpc) is 3.21. The van der Waals surface area contributed by atoms with Crippen LogP contribution < -0.4 is 5.32 Å². The summed E-state index contributed by atoms with van der Waals surface area (Å²) in [5.41, 5.74) is 2.33. The summed E-state index contributed by atoms with van der Waals surface area (Å²) in [6.45, 7) is 4.14. The van der Waals surface area contributed by atoms with Gasteiger partial charge in [0.1, 0.15) is 17.4 Å². The van der Waals surface area contributed by atoms with Crippen LogP contribution in [0, 0.1) is 0 Å². The van der Waals surface area contributed by atoms with E-state index in [9.17, 15) is 0 Å². The van der Waals surface area contributed by atoms with Gasteiger partial charge >= 0.3 is 0 Å². The van der Waals surface area contributed by atoms with Crippen LogP contribution in [-0.2, 0) is 9.47 Å². The second-order valence-corrected chi connectivity index (χ2v) is 5.86. The summed E-state index contributed by atoms with van der Waals surface area (Å²) in [5, 5.41) is 4.36. The van der Waals surface area contributed by atoms with E-state index in [2.05, 4.69) is 22.2 Å². The third-order valence-electron chi connectivity index (χ3n) is 4.01. The van der Waals surface area contributed by atoms with Gasteiger partial charge in [-0.3, -0.25) is 0 Å². The Morgan fingerprint density at radius 3 is 3.13 bits per heavy atom. The van der Waals surface area contributed by atoms with Crippen LogP contribution in [0.5, 0.6) is 0 Å². The van der Waals surface area contributed by atoms with Crippen molar-refractivity contribution in [3.63, 3.8) is 0 Å². The van der Waals surface area contributed by atoms with Gasteiger partial charge in [0.15, 0.2) is 11.4 Å². The molecule has 3 aromatic rings. The Hall–Kier alpha value is -2.18. The number of ether oxygens (including phenoxy) is 2. The number of para-hydroxylation sites is 1. The Kier molecular flexibility index (Phi) is 3.85. The summed E-state index contributed by atoms with van der Waals surface area (Å²) < 4.78 is 17.1. The van der Waals surface area contributed by atoms with Gasteiger partial charge in [0, 0.05) is 18.0 Å². The molecule has 1 aliphatic rings. The largest absolute Gasteiger partial charge is 0.450 e. The second kappa shape index (κ2) is 6.14. The lowest BCUT2D eigenvalue weighted by Gasteiger charge is -2.17. The van der Waals surface area contributed by atoms with Gasteiger partial charge in [-0.1, -0.05) is 12.1 Å². The van der Waals surface area contributed by atoms with E-state index in [0.717, 1.165) is 29.5 Å². The number of anilines is 1. The van der Waals surface area contributed by atoms with Crippen molar-refractivity contribution in [2.24, 2.45) is 0 Å². The van der Waals surface area contributed by atoms with Crippen LogP contribution in [0.1, 0.15) is 13.3 Å². The zero-order valence-electron chi connectivity index (χ0n) is 13.0. The minimum atomic E-state index is 0.113. The van der Waals surface area contributed by atoms with Crippen molar-refractivity contribution < 1.29 is 13.9 Å². The maximum Gasteiger partial charge on any atom is 0.196 e. The molecule has 4 rings (SSSR count). The summed E-state index contributed by atoms with van der Waals surface area (Å²) in [4.78, 5) is 8.68. The summed E-state index contributed by atoms with van der Waals surface area (Å²) in [5.74, 6) is 0.699. The Morgan fingerprint density at radius 2 is 2.26 bits per heavy atom. The van der Waals surface area contributed by atoms with Crippen LogP contribution in [0.4, 0.5) is 5.82 Å². The van der Waals surface area contributed by atoms with E-state index in [1.807, 2.05) is 24.3 Å². The molecule has 0 amide bonds. The minimum absolute atomic E-state index is 0.113. The Bertz CT molecular complexity index is 811. The standard InChI is InChI=1S/C17H19N3O3/c1-11(8-22-12-6-7-21-9-12)20-17-16-15(18-10-19-17)13-4-2-3-5-14(13)23-16/h2-5,10-12H,6-9H2,1H3,(H,18,19,20). The quantitative estimate of drug-likeness (QED) is 0.781. The highest BCUT2D eigenvalue weighted by Crippen LogP contribution is 2.30. The first kappa shape index (κ1) is 14.4. The molecule has 1 N–H and O–H groups in total. The first-order chi connectivity index (χ1) is 11.3. The molecule has 1 aromatic carbocycles. The van der Waals surface area contributed by atoms with Crippen LogP contribution in [0.15, 0.2) is 35.0 Å². The maximum absolute atomic E-state index is 5.91. The number of rotatable bonds is 5. The molecular formula is C17H19N3O3. The molecule has 0 spiro atoms. The zero-order valence-corrected chi connectivity index (χ0v) is 13.0. The van der Waals surface area contributed by atoms with Crippen LogP contribution in [0.2, 0.25) is 0 Å². The fraction of sp³-hybridized carbons (Fsp3) is 0.412. The highest BCUT2D eigenvalue weighted by atomic mass is 16.5. The molecule has 0 radical (unpaired) electrons. The van der Waals surface area contributed by atoms with Gasteiger partial charge in [0.2, 0.25) is 0 Å². The van der Waals surface area contributed by atoms with Gasteiger partial charge in [-0.2, -0.15) is 0 Å². The van der Waals surface area contributed by atoms with Crippen molar-refractivity contribution in [2.75, 3.05) is 25.1 Å². The normalized spacial score (nSPS) is 19.4. The molecule has 6 nitrogen and oxygen atoms in total. The average molecular weight is 313 g/mol. The molecule has 6 heteroatoms. The van der Waals surface area contributed by atoms with Crippen molar-refractivity contribution in [1.82, 2.24) is 9.97 Å². The first-order valence-corrected chi connectivity index (χ1v) is 7.89.